The monoisotopic (exact) mass is 280 g/mol. The molecule has 1 aromatic rings. The first-order valence-corrected chi connectivity index (χ1v) is 4.77. The van der Waals surface area contributed by atoms with Gasteiger partial charge < -0.3 is 5.48 Å². The Morgan fingerprint density at radius 2 is 1.91 bits per heavy atom. The molecule has 0 atom stereocenters. The van der Waals surface area contributed by atoms with Crippen LogP contribution in [0, 0.1) is 0 Å². The fourth-order valence-corrected chi connectivity index (χ4v) is 1.77. The van der Waals surface area contributed by atoms with Crippen LogP contribution in [-0.2, 0) is 6.42 Å². The number of benzene rings is 1. The van der Waals surface area contributed by atoms with E-state index < -0.39 is 0 Å². The van der Waals surface area contributed by atoms with Gasteiger partial charge in [-0.2, -0.15) is 0 Å². The number of rotatable bonds is 1. The first kappa shape index (κ1) is 11.1. The zero-order valence-electron chi connectivity index (χ0n) is 6.20. The van der Waals surface area contributed by atoms with Gasteiger partial charge in [-0.1, -0.05) is 19.1 Å². The summed E-state index contributed by atoms with van der Waals surface area (Å²) in [7, 11) is 0. The molecule has 0 aliphatic rings. The Balaban J connectivity index is 0.000001000. The highest BCUT2D eigenvalue weighted by atomic mass is 79.9. The molecule has 3 heteroatoms. The molecule has 0 aromatic heterocycles. The molecule has 0 radical (unpaired) electrons. The molecule has 0 bridgehead atoms. The quantitative estimate of drug-likeness (QED) is 0.758. The van der Waals surface area contributed by atoms with Crippen LogP contribution in [0.2, 0.25) is 0 Å². The number of hydrogen-bond donors (Lipinski definition) is 0. The molecule has 0 unspecified atom stereocenters. The lowest BCUT2D eigenvalue weighted by molar-refractivity contribution is 0.824. The van der Waals surface area contributed by atoms with Gasteiger partial charge in [0.1, 0.15) is 0 Å². The van der Waals surface area contributed by atoms with E-state index in [-0.39, 0.29) is 5.48 Å². The predicted octanol–water partition coefficient (Wildman–Crippen LogP) is 2.95. The van der Waals surface area contributed by atoms with E-state index in [9.17, 15) is 0 Å². The van der Waals surface area contributed by atoms with Crippen molar-refractivity contribution >= 4 is 31.9 Å². The molecular weight excluding hydrogens is 272 g/mol. The summed E-state index contributed by atoms with van der Waals surface area (Å²) in [6.45, 7) is 2.15. The SMILES string of the molecule is CCc1cccc(Br)c1Br.O. The Kier molecular flexibility index (Phi) is 4.97. The average Bonchev–Trinajstić information content (AvgIpc) is 1.95. The zero-order valence-corrected chi connectivity index (χ0v) is 9.37. The third kappa shape index (κ3) is 2.58. The van der Waals surface area contributed by atoms with Crippen molar-refractivity contribution in [2.75, 3.05) is 0 Å². The standard InChI is InChI=1S/C8H8Br2.H2O/c1-2-6-4-3-5-7(9)8(6)10;/h3-5H,2H2,1H3;1H2. The highest BCUT2D eigenvalue weighted by molar-refractivity contribution is 9.13. The zero-order chi connectivity index (χ0) is 7.56. The summed E-state index contributed by atoms with van der Waals surface area (Å²) >= 11 is 6.93. The first-order valence-electron chi connectivity index (χ1n) is 3.18. The molecule has 0 fully saturated rings. The van der Waals surface area contributed by atoms with Gasteiger partial charge in [0.2, 0.25) is 0 Å². The highest BCUT2D eigenvalue weighted by Crippen LogP contribution is 2.26. The fourth-order valence-electron chi connectivity index (χ4n) is 0.822. The summed E-state index contributed by atoms with van der Waals surface area (Å²) < 4.78 is 2.31. The molecule has 0 saturated heterocycles. The molecule has 11 heavy (non-hydrogen) atoms. The van der Waals surface area contributed by atoms with Gasteiger partial charge in [-0.15, -0.1) is 0 Å². The largest absolute Gasteiger partial charge is 0.412 e. The summed E-state index contributed by atoms with van der Waals surface area (Å²) in [5.41, 5.74) is 1.34. The van der Waals surface area contributed by atoms with Crippen molar-refractivity contribution in [3.05, 3.63) is 32.7 Å². The summed E-state index contributed by atoms with van der Waals surface area (Å²) in [6.07, 6.45) is 1.07. The molecule has 0 saturated carbocycles. The minimum atomic E-state index is 0. The molecule has 1 rings (SSSR count). The first-order chi connectivity index (χ1) is 4.75. The summed E-state index contributed by atoms with van der Waals surface area (Å²) in [5, 5.41) is 0. The molecule has 2 N–H and O–H groups in total. The van der Waals surface area contributed by atoms with Crippen LogP contribution in [0.4, 0.5) is 0 Å². The van der Waals surface area contributed by atoms with E-state index in [1.54, 1.807) is 0 Å². The Morgan fingerprint density at radius 3 is 2.36 bits per heavy atom. The van der Waals surface area contributed by atoms with Crippen molar-refractivity contribution < 1.29 is 5.48 Å². The lowest BCUT2D eigenvalue weighted by Gasteiger charge is -2.01. The predicted molar refractivity (Wildman–Crippen MR) is 54.8 cm³/mol. The van der Waals surface area contributed by atoms with Crippen molar-refractivity contribution in [2.45, 2.75) is 13.3 Å². The van der Waals surface area contributed by atoms with E-state index in [0.717, 1.165) is 10.9 Å². The van der Waals surface area contributed by atoms with Gasteiger partial charge in [0.15, 0.2) is 0 Å². The second kappa shape index (κ2) is 4.91. The topological polar surface area (TPSA) is 31.5 Å². The van der Waals surface area contributed by atoms with Crippen LogP contribution >= 0.6 is 31.9 Å². The molecule has 0 aliphatic carbocycles. The summed E-state index contributed by atoms with van der Waals surface area (Å²) in [6, 6.07) is 6.20. The van der Waals surface area contributed by atoms with E-state index in [2.05, 4.69) is 44.8 Å². The lowest BCUT2D eigenvalue weighted by atomic mass is 10.2. The smallest absolute Gasteiger partial charge is 0.0349 e. The van der Waals surface area contributed by atoms with Crippen molar-refractivity contribution in [3.63, 3.8) is 0 Å². The molecule has 0 spiro atoms. The van der Waals surface area contributed by atoms with E-state index in [0.29, 0.717) is 0 Å². The van der Waals surface area contributed by atoms with Crippen molar-refractivity contribution in [2.24, 2.45) is 0 Å². The Hall–Kier alpha value is 0.140. The Bertz CT molecular complexity index is 236. The second-order valence-corrected chi connectivity index (χ2v) is 3.71. The third-order valence-electron chi connectivity index (χ3n) is 1.41. The van der Waals surface area contributed by atoms with Crippen molar-refractivity contribution in [1.29, 1.82) is 0 Å². The van der Waals surface area contributed by atoms with Crippen LogP contribution in [0.3, 0.4) is 0 Å². The van der Waals surface area contributed by atoms with E-state index in [1.807, 2.05) is 12.1 Å². The minimum absolute atomic E-state index is 0. The van der Waals surface area contributed by atoms with Crippen molar-refractivity contribution in [1.82, 2.24) is 0 Å². The van der Waals surface area contributed by atoms with E-state index in [1.165, 1.54) is 10.0 Å². The maximum Gasteiger partial charge on any atom is 0.0349 e. The van der Waals surface area contributed by atoms with Crippen LogP contribution in [-0.4, -0.2) is 5.48 Å². The molecular formula is C8H10Br2O. The molecule has 1 nitrogen and oxygen atoms in total. The van der Waals surface area contributed by atoms with E-state index in [4.69, 9.17) is 0 Å². The average molecular weight is 282 g/mol. The fraction of sp³-hybridized carbons (Fsp3) is 0.250. The number of aryl methyl sites for hydroxylation is 1. The summed E-state index contributed by atoms with van der Waals surface area (Å²) in [5.74, 6) is 0. The van der Waals surface area contributed by atoms with Gasteiger partial charge in [0, 0.05) is 8.95 Å². The van der Waals surface area contributed by atoms with Gasteiger partial charge in [-0.25, -0.2) is 0 Å². The van der Waals surface area contributed by atoms with Gasteiger partial charge in [0.05, 0.1) is 0 Å². The van der Waals surface area contributed by atoms with Crippen LogP contribution in [0.1, 0.15) is 12.5 Å². The minimum Gasteiger partial charge on any atom is -0.412 e. The van der Waals surface area contributed by atoms with Crippen LogP contribution in [0.5, 0.6) is 0 Å². The normalized spacial score (nSPS) is 9.00. The van der Waals surface area contributed by atoms with Crippen LogP contribution in [0.15, 0.2) is 27.1 Å². The number of halogens is 2. The van der Waals surface area contributed by atoms with E-state index >= 15 is 0 Å². The van der Waals surface area contributed by atoms with Crippen LogP contribution < -0.4 is 0 Å². The molecule has 62 valence electrons. The maximum atomic E-state index is 3.49. The highest BCUT2D eigenvalue weighted by Gasteiger charge is 1.99. The Morgan fingerprint density at radius 1 is 1.27 bits per heavy atom. The van der Waals surface area contributed by atoms with Gasteiger partial charge >= 0.3 is 0 Å². The van der Waals surface area contributed by atoms with Gasteiger partial charge in [0.25, 0.3) is 0 Å². The maximum absolute atomic E-state index is 3.49. The second-order valence-electron chi connectivity index (χ2n) is 2.07. The van der Waals surface area contributed by atoms with Crippen LogP contribution in [0.25, 0.3) is 0 Å². The molecule has 0 heterocycles. The molecule has 1 aromatic carbocycles. The third-order valence-corrected chi connectivity index (χ3v) is 3.54. The molecule has 0 aliphatic heterocycles. The summed E-state index contributed by atoms with van der Waals surface area (Å²) in [4.78, 5) is 0. The lowest BCUT2D eigenvalue weighted by Crippen LogP contribution is -1.81. The van der Waals surface area contributed by atoms with Crippen molar-refractivity contribution in [3.8, 4) is 0 Å². The number of hydrogen-bond acceptors (Lipinski definition) is 0. The Labute approximate surface area is 83.4 Å². The van der Waals surface area contributed by atoms with Gasteiger partial charge in [-0.05, 0) is 49.9 Å². The molecule has 0 amide bonds. The van der Waals surface area contributed by atoms with Gasteiger partial charge in [-0.3, -0.25) is 0 Å².